The van der Waals surface area contributed by atoms with Crippen molar-refractivity contribution in [1.82, 2.24) is 5.32 Å². The lowest BCUT2D eigenvalue weighted by Crippen LogP contribution is -2.25. The summed E-state index contributed by atoms with van der Waals surface area (Å²) >= 11 is 5.89. The highest BCUT2D eigenvalue weighted by atomic mass is 35.5. The van der Waals surface area contributed by atoms with E-state index in [0.717, 1.165) is 6.42 Å². The number of hydrogen-bond acceptors (Lipinski definition) is 1. The predicted molar refractivity (Wildman–Crippen MR) is 62.5 cm³/mol. The Hall–Kier alpha value is -0.860. The smallest absolute Gasteiger partial charge is 0.129 e. The van der Waals surface area contributed by atoms with Crippen molar-refractivity contribution in [2.45, 2.75) is 25.9 Å². The third-order valence-corrected chi connectivity index (χ3v) is 2.56. The van der Waals surface area contributed by atoms with Crippen molar-refractivity contribution < 1.29 is 4.39 Å². The molecule has 0 saturated carbocycles. The molecule has 82 valence electrons. The number of benzene rings is 1. The molecule has 0 radical (unpaired) electrons. The molecule has 3 heteroatoms. The van der Waals surface area contributed by atoms with E-state index in [1.807, 2.05) is 13.0 Å². The molecule has 1 rings (SSSR count). The van der Waals surface area contributed by atoms with Gasteiger partial charge in [0.25, 0.3) is 0 Å². The topological polar surface area (TPSA) is 12.0 Å². The number of hydrogen-bond donors (Lipinski definition) is 1. The van der Waals surface area contributed by atoms with Gasteiger partial charge in [0.1, 0.15) is 5.82 Å². The van der Waals surface area contributed by atoms with E-state index in [0.29, 0.717) is 17.1 Å². The Labute approximate surface area is 95.0 Å². The molecule has 1 unspecified atom stereocenters. The molecular weight excluding hydrogens is 213 g/mol. The largest absolute Gasteiger partial charge is 0.310 e. The Morgan fingerprint density at radius 2 is 2.33 bits per heavy atom. The monoisotopic (exact) mass is 227 g/mol. The normalized spacial score (nSPS) is 12.5. The van der Waals surface area contributed by atoms with Gasteiger partial charge in [-0.15, -0.1) is 6.58 Å². The first-order valence-corrected chi connectivity index (χ1v) is 5.30. The maximum absolute atomic E-state index is 13.3. The van der Waals surface area contributed by atoms with Crippen molar-refractivity contribution in [1.29, 1.82) is 0 Å². The Bertz CT molecular complexity index is 318. The van der Waals surface area contributed by atoms with Gasteiger partial charge in [-0.1, -0.05) is 23.7 Å². The lowest BCUT2D eigenvalue weighted by atomic mass is 10.2. The van der Waals surface area contributed by atoms with Gasteiger partial charge in [0.2, 0.25) is 0 Å². The van der Waals surface area contributed by atoms with Crippen molar-refractivity contribution >= 4 is 11.6 Å². The van der Waals surface area contributed by atoms with Crippen LogP contribution in [-0.2, 0) is 6.54 Å². The second kappa shape index (κ2) is 5.89. The third kappa shape index (κ3) is 3.65. The van der Waals surface area contributed by atoms with Crippen LogP contribution >= 0.6 is 11.6 Å². The standard InChI is InChI=1S/C12H15ClFN/c1-3-5-9(2)15-8-10-11(13)6-4-7-12(10)14/h3-4,6-7,9,15H,1,5,8H2,2H3. The molecule has 0 aromatic heterocycles. The molecule has 0 aliphatic carbocycles. The predicted octanol–water partition coefficient (Wildman–Crippen LogP) is 3.53. The lowest BCUT2D eigenvalue weighted by molar-refractivity contribution is 0.531. The van der Waals surface area contributed by atoms with Crippen LogP contribution in [-0.4, -0.2) is 6.04 Å². The molecular formula is C12H15ClFN. The SMILES string of the molecule is C=CCC(C)NCc1c(F)cccc1Cl. The second-order valence-electron chi connectivity index (χ2n) is 3.51. The summed E-state index contributed by atoms with van der Waals surface area (Å²) in [5.74, 6) is -0.263. The summed E-state index contributed by atoms with van der Waals surface area (Å²) in [4.78, 5) is 0. The molecule has 1 N–H and O–H groups in total. The van der Waals surface area contributed by atoms with E-state index in [2.05, 4.69) is 11.9 Å². The van der Waals surface area contributed by atoms with Crippen molar-refractivity contribution in [3.05, 3.63) is 47.3 Å². The fourth-order valence-electron chi connectivity index (χ4n) is 1.31. The van der Waals surface area contributed by atoms with Crippen molar-refractivity contribution in [3.8, 4) is 0 Å². The zero-order valence-electron chi connectivity index (χ0n) is 8.76. The van der Waals surface area contributed by atoms with E-state index in [9.17, 15) is 4.39 Å². The Kier molecular flexibility index (Phi) is 4.79. The van der Waals surface area contributed by atoms with Crippen LogP contribution in [0.3, 0.4) is 0 Å². The van der Waals surface area contributed by atoms with Crippen LogP contribution in [0.1, 0.15) is 18.9 Å². The lowest BCUT2D eigenvalue weighted by Gasteiger charge is -2.12. The van der Waals surface area contributed by atoms with Gasteiger partial charge in [0.05, 0.1) is 0 Å². The van der Waals surface area contributed by atoms with E-state index >= 15 is 0 Å². The zero-order valence-corrected chi connectivity index (χ0v) is 9.52. The maximum Gasteiger partial charge on any atom is 0.129 e. The summed E-state index contributed by atoms with van der Waals surface area (Å²) in [6, 6.07) is 4.99. The van der Waals surface area contributed by atoms with Gasteiger partial charge in [-0.05, 0) is 25.5 Å². The van der Waals surface area contributed by atoms with E-state index in [1.165, 1.54) is 6.07 Å². The van der Waals surface area contributed by atoms with E-state index in [4.69, 9.17) is 11.6 Å². The maximum atomic E-state index is 13.3. The first-order chi connectivity index (χ1) is 7.15. The Morgan fingerprint density at radius 3 is 2.93 bits per heavy atom. The highest BCUT2D eigenvalue weighted by Gasteiger charge is 2.07. The van der Waals surface area contributed by atoms with Gasteiger partial charge in [-0.2, -0.15) is 0 Å². The molecule has 1 aromatic carbocycles. The van der Waals surface area contributed by atoms with Crippen LogP contribution in [0.15, 0.2) is 30.9 Å². The Balaban J connectivity index is 2.60. The van der Waals surface area contributed by atoms with Crippen molar-refractivity contribution in [3.63, 3.8) is 0 Å². The molecule has 0 heterocycles. The van der Waals surface area contributed by atoms with Crippen LogP contribution in [0.4, 0.5) is 4.39 Å². The van der Waals surface area contributed by atoms with Gasteiger partial charge in [-0.25, -0.2) is 4.39 Å². The molecule has 0 saturated heterocycles. The summed E-state index contributed by atoms with van der Waals surface area (Å²) in [5.41, 5.74) is 0.523. The summed E-state index contributed by atoms with van der Waals surface area (Å²) in [7, 11) is 0. The quantitative estimate of drug-likeness (QED) is 0.759. The fraction of sp³-hybridized carbons (Fsp3) is 0.333. The van der Waals surface area contributed by atoms with Gasteiger partial charge in [0, 0.05) is 23.2 Å². The third-order valence-electron chi connectivity index (χ3n) is 2.21. The zero-order chi connectivity index (χ0) is 11.3. The minimum atomic E-state index is -0.263. The molecule has 1 nitrogen and oxygen atoms in total. The van der Waals surface area contributed by atoms with Gasteiger partial charge < -0.3 is 5.32 Å². The van der Waals surface area contributed by atoms with E-state index in [-0.39, 0.29) is 11.9 Å². The summed E-state index contributed by atoms with van der Waals surface area (Å²) in [6.07, 6.45) is 2.69. The highest BCUT2D eigenvalue weighted by Crippen LogP contribution is 2.18. The van der Waals surface area contributed by atoms with Crippen LogP contribution < -0.4 is 5.32 Å². The van der Waals surface area contributed by atoms with Crippen LogP contribution in [0.5, 0.6) is 0 Å². The summed E-state index contributed by atoms with van der Waals surface area (Å²) in [5, 5.41) is 3.65. The molecule has 1 aromatic rings. The first-order valence-electron chi connectivity index (χ1n) is 4.92. The van der Waals surface area contributed by atoms with Crippen LogP contribution in [0.2, 0.25) is 5.02 Å². The molecule has 0 amide bonds. The van der Waals surface area contributed by atoms with E-state index < -0.39 is 0 Å². The van der Waals surface area contributed by atoms with E-state index in [1.54, 1.807) is 12.1 Å². The van der Waals surface area contributed by atoms with Crippen molar-refractivity contribution in [2.24, 2.45) is 0 Å². The average Bonchev–Trinajstić information content (AvgIpc) is 2.17. The number of nitrogens with one attached hydrogen (secondary N) is 1. The van der Waals surface area contributed by atoms with Gasteiger partial charge >= 0.3 is 0 Å². The minimum absolute atomic E-state index is 0.263. The average molecular weight is 228 g/mol. The number of halogens is 2. The first kappa shape index (κ1) is 12.2. The minimum Gasteiger partial charge on any atom is -0.310 e. The number of rotatable bonds is 5. The second-order valence-corrected chi connectivity index (χ2v) is 3.91. The van der Waals surface area contributed by atoms with Gasteiger partial charge in [0.15, 0.2) is 0 Å². The summed E-state index contributed by atoms with van der Waals surface area (Å²) in [6.45, 7) is 6.12. The molecule has 0 fully saturated rings. The summed E-state index contributed by atoms with van der Waals surface area (Å²) < 4.78 is 13.3. The van der Waals surface area contributed by atoms with Crippen LogP contribution in [0.25, 0.3) is 0 Å². The molecule has 0 aliphatic rings. The molecule has 15 heavy (non-hydrogen) atoms. The molecule has 1 atom stereocenters. The van der Waals surface area contributed by atoms with Crippen LogP contribution in [0, 0.1) is 5.82 Å². The van der Waals surface area contributed by atoms with Gasteiger partial charge in [-0.3, -0.25) is 0 Å². The molecule has 0 aliphatic heterocycles. The van der Waals surface area contributed by atoms with Crippen molar-refractivity contribution in [2.75, 3.05) is 0 Å². The Morgan fingerprint density at radius 1 is 1.60 bits per heavy atom. The molecule has 0 bridgehead atoms. The highest BCUT2D eigenvalue weighted by molar-refractivity contribution is 6.31. The fourth-order valence-corrected chi connectivity index (χ4v) is 1.54. The molecule has 0 spiro atoms.